The van der Waals surface area contributed by atoms with Crippen LogP contribution >= 0.6 is 0 Å². The van der Waals surface area contributed by atoms with Gasteiger partial charge in [0.25, 0.3) is 5.91 Å². The summed E-state index contributed by atoms with van der Waals surface area (Å²) >= 11 is 0. The summed E-state index contributed by atoms with van der Waals surface area (Å²) in [7, 11) is 0. The van der Waals surface area contributed by atoms with E-state index in [0.29, 0.717) is 50.8 Å². The van der Waals surface area contributed by atoms with Crippen molar-refractivity contribution in [1.29, 1.82) is 0 Å². The van der Waals surface area contributed by atoms with Crippen LogP contribution in [0, 0.1) is 5.92 Å². The first kappa shape index (κ1) is 27.2. The second-order valence-electron chi connectivity index (χ2n) is 9.05. The lowest BCUT2D eigenvalue weighted by molar-refractivity contribution is -0.140. The first-order valence-electron chi connectivity index (χ1n) is 11.9. The third-order valence-electron chi connectivity index (χ3n) is 5.85. The lowest BCUT2D eigenvalue weighted by atomic mass is 10.1. The Morgan fingerprint density at radius 2 is 1.79 bits per heavy atom. The summed E-state index contributed by atoms with van der Waals surface area (Å²) in [5.74, 6) is 0.173. The van der Waals surface area contributed by atoms with Crippen LogP contribution in [-0.4, -0.2) is 96.1 Å². The average molecular weight is 465 g/mol. The number of hydrogen-bond donors (Lipinski definition) is 2. The van der Waals surface area contributed by atoms with Gasteiger partial charge in [0.2, 0.25) is 5.91 Å². The van der Waals surface area contributed by atoms with Crippen LogP contribution in [0.25, 0.3) is 0 Å². The first-order valence-corrected chi connectivity index (χ1v) is 11.9. The molecule has 1 saturated heterocycles. The van der Waals surface area contributed by atoms with Crippen molar-refractivity contribution in [3.05, 3.63) is 35.9 Å². The van der Waals surface area contributed by atoms with Crippen LogP contribution in [0.2, 0.25) is 0 Å². The molecule has 33 heavy (non-hydrogen) atoms. The summed E-state index contributed by atoms with van der Waals surface area (Å²) in [5, 5.41) is 21.2. The molecule has 0 spiro atoms. The van der Waals surface area contributed by atoms with Crippen molar-refractivity contribution in [2.24, 2.45) is 5.92 Å². The van der Waals surface area contributed by atoms with Crippen LogP contribution in [0.1, 0.15) is 50.4 Å². The quantitative estimate of drug-likeness (QED) is 0.691. The van der Waals surface area contributed by atoms with Crippen molar-refractivity contribution < 1.29 is 29.3 Å². The SMILES string of the molecule is CC(=O)N1CCN(C(=O)c2ccccc2)CCCCOC[C@@H](O)[C@@H](O)[C@H](OCCC(C)C)C1. The number of rotatable bonds is 5. The van der Waals surface area contributed by atoms with E-state index in [1.165, 1.54) is 6.92 Å². The molecule has 186 valence electrons. The lowest BCUT2D eigenvalue weighted by Crippen LogP contribution is -2.50. The molecule has 0 saturated carbocycles. The van der Waals surface area contributed by atoms with Gasteiger partial charge in [-0.25, -0.2) is 0 Å². The molecule has 2 amide bonds. The highest BCUT2D eigenvalue weighted by atomic mass is 16.5. The monoisotopic (exact) mass is 464 g/mol. The van der Waals surface area contributed by atoms with Gasteiger partial charge >= 0.3 is 0 Å². The number of carbonyl (C=O) groups is 2. The van der Waals surface area contributed by atoms with Crippen molar-refractivity contribution in [2.75, 3.05) is 46.0 Å². The fraction of sp³-hybridized carbons (Fsp3) is 0.680. The van der Waals surface area contributed by atoms with E-state index in [9.17, 15) is 19.8 Å². The molecule has 8 nitrogen and oxygen atoms in total. The maximum absolute atomic E-state index is 13.1. The van der Waals surface area contributed by atoms with E-state index in [4.69, 9.17) is 9.47 Å². The second kappa shape index (κ2) is 14.3. The number of hydrogen-bond acceptors (Lipinski definition) is 6. The van der Waals surface area contributed by atoms with Gasteiger partial charge in [0, 0.05) is 51.9 Å². The van der Waals surface area contributed by atoms with Gasteiger partial charge in [-0.3, -0.25) is 9.59 Å². The van der Waals surface area contributed by atoms with Gasteiger partial charge in [0.1, 0.15) is 18.3 Å². The van der Waals surface area contributed by atoms with Crippen LogP contribution in [0.15, 0.2) is 30.3 Å². The fourth-order valence-corrected chi connectivity index (χ4v) is 3.69. The Morgan fingerprint density at radius 1 is 1.09 bits per heavy atom. The minimum Gasteiger partial charge on any atom is -0.388 e. The predicted octanol–water partition coefficient (Wildman–Crippen LogP) is 1.94. The minimum absolute atomic E-state index is 0.0159. The molecule has 1 aromatic rings. The predicted molar refractivity (Wildman–Crippen MR) is 126 cm³/mol. The zero-order chi connectivity index (χ0) is 24.2. The number of benzene rings is 1. The highest BCUT2D eigenvalue weighted by Crippen LogP contribution is 2.13. The van der Waals surface area contributed by atoms with Crippen LogP contribution in [0.3, 0.4) is 0 Å². The Labute approximate surface area is 197 Å². The smallest absolute Gasteiger partial charge is 0.253 e. The van der Waals surface area contributed by atoms with Crippen molar-refractivity contribution in [3.8, 4) is 0 Å². The Bertz CT molecular complexity index is 714. The summed E-state index contributed by atoms with van der Waals surface area (Å²) in [6.45, 7) is 7.80. The standard InChI is InChI=1S/C25H40N2O6/c1-19(2)11-16-33-23-17-27(20(3)28)14-13-26(25(31)21-9-5-4-6-10-21)12-7-8-15-32-18-22(29)24(23)30/h4-6,9-10,19,22-24,29-30H,7-8,11-18H2,1-3H3/t22-,23-,24-/m1/s1. The third-order valence-corrected chi connectivity index (χ3v) is 5.85. The van der Waals surface area contributed by atoms with E-state index in [0.717, 1.165) is 12.8 Å². The summed E-state index contributed by atoms with van der Waals surface area (Å²) in [5.41, 5.74) is 0.609. The molecule has 2 N–H and O–H groups in total. The van der Waals surface area contributed by atoms with E-state index >= 15 is 0 Å². The molecule has 2 rings (SSSR count). The maximum Gasteiger partial charge on any atom is 0.253 e. The zero-order valence-corrected chi connectivity index (χ0v) is 20.2. The number of aliphatic hydroxyl groups is 2. The number of ether oxygens (including phenoxy) is 2. The number of nitrogens with zero attached hydrogens (tertiary/aromatic N) is 2. The molecule has 1 aliphatic rings. The van der Waals surface area contributed by atoms with Gasteiger partial charge in [-0.15, -0.1) is 0 Å². The Morgan fingerprint density at radius 3 is 2.45 bits per heavy atom. The molecular formula is C25H40N2O6. The van der Waals surface area contributed by atoms with E-state index in [1.807, 2.05) is 18.2 Å². The molecule has 1 heterocycles. The highest BCUT2D eigenvalue weighted by Gasteiger charge is 2.30. The third kappa shape index (κ3) is 9.41. The van der Waals surface area contributed by atoms with Gasteiger partial charge < -0.3 is 29.5 Å². The van der Waals surface area contributed by atoms with Crippen LogP contribution in [-0.2, 0) is 14.3 Å². The van der Waals surface area contributed by atoms with E-state index in [1.54, 1.807) is 21.9 Å². The molecule has 1 aliphatic heterocycles. The van der Waals surface area contributed by atoms with Gasteiger partial charge in [0.05, 0.1) is 6.61 Å². The zero-order valence-electron chi connectivity index (χ0n) is 20.2. The van der Waals surface area contributed by atoms with Crippen molar-refractivity contribution in [3.63, 3.8) is 0 Å². The van der Waals surface area contributed by atoms with E-state index in [-0.39, 0.29) is 25.0 Å². The van der Waals surface area contributed by atoms with E-state index in [2.05, 4.69) is 13.8 Å². The molecular weight excluding hydrogens is 424 g/mol. The molecule has 1 fully saturated rings. The molecule has 0 aromatic heterocycles. The number of aliphatic hydroxyl groups excluding tert-OH is 2. The molecule has 0 unspecified atom stereocenters. The van der Waals surface area contributed by atoms with Crippen LogP contribution < -0.4 is 0 Å². The number of amides is 2. The van der Waals surface area contributed by atoms with E-state index < -0.39 is 18.3 Å². The summed E-state index contributed by atoms with van der Waals surface area (Å²) in [6.07, 6.45) is -0.807. The normalized spacial score (nSPS) is 23.9. The van der Waals surface area contributed by atoms with Crippen molar-refractivity contribution in [1.82, 2.24) is 9.80 Å². The largest absolute Gasteiger partial charge is 0.388 e. The van der Waals surface area contributed by atoms with Gasteiger partial charge in [-0.2, -0.15) is 0 Å². The maximum atomic E-state index is 13.1. The molecule has 3 atom stereocenters. The highest BCUT2D eigenvalue weighted by molar-refractivity contribution is 5.94. The van der Waals surface area contributed by atoms with Crippen molar-refractivity contribution in [2.45, 2.75) is 58.3 Å². The summed E-state index contributed by atoms with van der Waals surface area (Å²) in [4.78, 5) is 28.8. The topological polar surface area (TPSA) is 99.5 Å². The molecule has 8 heteroatoms. The number of carbonyl (C=O) groups excluding carboxylic acids is 2. The Kier molecular flexibility index (Phi) is 11.8. The fourth-order valence-electron chi connectivity index (χ4n) is 3.69. The van der Waals surface area contributed by atoms with Gasteiger partial charge in [0.15, 0.2) is 0 Å². The van der Waals surface area contributed by atoms with Crippen molar-refractivity contribution >= 4 is 11.8 Å². The average Bonchev–Trinajstić information content (AvgIpc) is 2.79. The Hall–Kier alpha value is -2.00. The molecule has 0 radical (unpaired) electrons. The minimum atomic E-state index is -1.19. The van der Waals surface area contributed by atoms with Gasteiger partial charge in [-0.05, 0) is 37.3 Å². The molecule has 0 bridgehead atoms. The lowest BCUT2D eigenvalue weighted by Gasteiger charge is -2.33. The van der Waals surface area contributed by atoms with Gasteiger partial charge in [-0.1, -0.05) is 32.0 Å². The Balaban J connectivity index is 2.17. The van der Waals surface area contributed by atoms with Crippen LogP contribution in [0.4, 0.5) is 0 Å². The summed E-state index contributed by atoms with van der Waals surface area (Å²) < 4.78 is 11.5. The molecule has 0 aliphatic carbocycles. The van der Waals surface area contributed by atoms with Crippen LogP contribution in [0.5, 0.6) is 0 Å². The molecule has 1 aromatic carbocycles. The first-order chi connectivity index (χ1) is 15.8. The second-order valence-corrected chi connectivity index (χ2v) is 9.05. The summed E-state index contributed by atoms with van der Waals surface area (Å²) in [6, 6.07) is 9.11.